The van der Waals surface area contributed by atoms with E-state index in [1.807, 2.05) is 6.07 Å². The summed E-state index contributed by atoms with van der Waals surface area (Å²) in [5.74, 6) is 1.26. The van der Waals surface area contributed by atoms with Crippen molar-refractivity contribution in [3.05, 3.63) is 54.1 Å². The normalized spacial score (nSPS) is 11.6. The minimum absolute atomic E-state index is 0.149. The highest BCUT2D eigenvalue weighted by Crippen LogP contribution is 2.29. The monoisotopic (exact) mass is 403 g/mol. The van der Waals surface area contributed by atoms with Crippen molar-refractivity contribution in [3.63, 3.8) is 0 Å². The van der Waals surface area contributed by atoms with Crippen LogP contribution in [0.15, 0.2) is 53.4 Å². The van der Waals surface area contributed by atoms with Crippen LogP contribution in [0.5, 0.6) is 11.5 Å². The smallest absolute Gasteiger partial charge is 0.248 e. The number of carbonyl (C=O) groups excluding carboxylic acids is 1. The summed E-state index contributed by atoms with van der Waals surface area (Å²) in [6.45, 7) is 4.71. The molecule has 0 aliphatic carbocycles. The maximum Gasteiger partial charge on any atom is 0.248 e. The summed E-state index contributed by atoms with van der Waals surface area (Å²) >= 11 is 0. The van der Waals surface area contributed by atoms with E-state index >= 15 is 0 Å². The third-order valence-electron chi connectivity index (χ3n) is 3.72. The number of hydrogen-bond acceptors (Lipinski definition) is 5. The van der Waals surface area contributed by atoms with Gasteiger partial charge in [-0.2, -0.15) is 0 Å². The standard InChI is InChI=1S/C21H25NO5S/c1-15(2)14-27-19-10-8-16(12-20(19)26-3)9-11-21(23)22-17-6-5-7-18(13-17)28(4,24)25/h5-13,15H,14H2,1-4H3,(H,22,23)/b11-9+. The number of hydrogen-bond donors (Lipinski definition) is 1. The second-order valence-electron chi connectivity index (χ2n) is 6.74. The molecule has 0 aromatic heterocycles. The fourth-order valence-corrected chi connectivity index (χ4v) is 2.99. The van der Waals surface area contributed by atoms with E-state index in [9.17, 15) is 13.2 Å². The lowest BCUT2D eigenvalue weighted by atomic mass is 10.2. The number of anilines is 1. The average Bonchev–Trinajstić information content (AvgIpc) is 2.64. The van der Waals surface area contributed by atoms with Gasteiger partial charge in [0.25, 0.3) is 0 Å². The molecular weight excluding hydrogens is 378 g/mol. The SMILES string of the molecule is COc1cc(/C=C/C(=O)Nc2cccc(S(C)(=O)=O)c2)ccc1OCC(C)C. The topological polar surface area (TPSA) is 81.7 Å². The predicted octanol–water partition coefficient (Wildman–Crippen LogP) is 3.79. The van der Waals surface area contributed by atoms with Crippen LogP contribution in [0, 0.1) is 5.92 Å². The zero-order valence-electron chi connectivity index (χ0n) is 16.4. The van der Waals surface area contributed by atoms with Crippen molar-refractivity contribution in [3.8, 4) is 11.5 Å². The van der Waals surface area contributed by atoms with Crippen molar-refractivity contribution in [2.45, 2.75) is 18.7 Å². The van der Waals surface area contributed by atoms with Crippen molar-refractivity contribution in [2.75, 3.05) is 25.3 Å². The van der Waals surface area contributed by atoms with E-state index in [1.165, 1.54) is 18.2 Å². The Kier molecular flexibility index (Phi) is 7.23. The number of rotatable bonds is 8. The predicted molar refractivity (Wildman–Crippen MR) is 111 cm³/mol. The third kappa shape index (κ3) is 6.42. The molecule has 2 aromatic rings. The highest BCUT2D eigenvalue weighted by molar-refractivity contribution is 7.90. The lowest BCUT2D eigenvalue weighted by molar-refractivity contribution is -0.111. The fourth-order valence-electron chi connectivity index (χ4n) is 2.32. The van der Waals surface area contributed by atoms with E-state index in [4.69, 9.17) is 9.47 Å². The first-order valence-corrected chi connectivity index (χ1v) is 10.7. The van der Waals surface area contributed by atoms with Gasteiger partial charge in [0, 0.05) is 18.0 Å². The number of benzene rings is 2. The van der Waals surface area contributed by atoms with Crippen LogP contribution in [0.1, 0.15) is 19.4 Å². The molecule has 0 unspecified atom stereocenters. The lowest BCUT2D eigenvalue weighted by Crippen LogP contribution is -2.08. The lowest BCUT2D eigenvalue weighted by Gasteiger charge is -2.12. The van der Waals surface area contributed by atoms with Crippen LogP contribution in [-0.4, -0.2) is 34.3 Å². The van der Waals surface area contributed by atoms with Gasteiger partial charge in [-0.1, -0.05) is 26.0 Å². The van der Waals surface area contributed by atoms with Crippen molar-refractivity contribution >= 4 is 27.5 Å². The molecule has 2 rings (SSSR count). The highest BCUT2D eigenvalue weighted by Gasteiger charge is 2.09. The number of ether oxygens (including phenoxy) is 2. The Labute approximate surface area is 166 Å². The molecule has 6 nitrogen and oxygen atoms in total. The largest absolute Gasteiger partial charge is 0.493 e. The van der Waals surface area contributed by atoms with Gasteiger partial charge < -0.3 is 14.8 Å². The van der Waals surface area contributed by atoms with Gasteiger partial charge in [0.15, 0.2) is 21.3 Å². The molecule has 0 radical (unpaired) electrons. The van der Waals surface area contributed by atoms with Gasteiger partial charge >= 0.3 is 0 Å². The summed E-state index contributed by atoms with van der Waals surface area (Å²) in [7, 11) is -1.77. The number of amides is 1. The van der Waals surface area contributed by atoms with E-state index in [2.05, 4.69) is 19.2 Å². The van der Waals surface area contributed by atoms with Gasteiger partial charge in [0.1, 0.15) is 0 Å². The number of carbonyl (C=O) groups is 1. The minimum Gasteiger partial charge on any atom is -0.493 e. The number of methoxy groups -OCH3 is 1. The number of nitrogens with one attached hydrogen (secondary N) is 1. The zero-order valence-corrected chi connectivity index (χ0v) is 17.2. The third-order valence-corrected chi connectivity index (χ3v) is 4.83. The maximum absolute atomic E-state index is 12.1. The molecule has 0 saturated carbocycles. The molecule has 1 N–H and O–H groups in total. The van der Waals surface area contributed by atoms with E-state index in [-0.39, 0.29) is 10.8 Å². The molecule has 28 heavy (non-hydrogen) atoms. The molecule has 2 aromatic carbocycles. The second-order valence-corrected chi connectivity index (χ2v) is 8.75. The molecular formula is C21H25NO5S. The van der Waals surface area contributed by atoms with Crippen molar-refractivity contribution in [1.29, 1.82) is 0 Å². The average molecular weight is 404 g/mol. The van der Waals surface area contributed by atoms with Crippen LogP contribution in [0.25, 0.3) is 6.08 Å². The summed E-state index contributed by atoms with van der Waals surface area (Å²) in [5, 5.41) is 2.65. The van der Waals surface area contributed by atoms with Gasteiger partial charge in [-0.15, -0.1) is 0 Å². The van der Waals surface area contributed by atoms with Crippen molar-refractivity contribution in [1.82, 2.24) is 0 Å². The Bertz CT molecular complexity index is 965. The first-order valence-electron chi connectivity index (χ1n) is 8.79. The van der Waals surface area contributed by atoms with Crippen LogP contribution in [-0.2, 0) is 14.6 Å². The van der Waals surface area contributed by atoms with Crippen LogP contribution in [0.2, 0.25) is 0 Å². The quantitative estimate of drug-likeness (QED) is 0.678. The molecule has 0 spiro atoms. The van der Waals surface area contributed by atoms with Gasteiger partial charge in [-0.25, -0.2) is 8.42 Å². The van der Waals surface area contributed by atoms with Crippen LogP contribution < -0.4 is 14.8 Å². The second kappa shape index (κ2) is 9.41. The first-order chi connectivity index (χ1) is 13.2. The van der Waals surface area contributed by atoms with Crippen molar-refractivity contribution in [2.24, 2.45) is 5.92 Å². The fraction of sp³-hybridized carbons (Fsp3) is 0.286. The van der Waals surface area contributed by atoms with Gasteiger partial charge in [-0.05, 0) is 47.9 Å². The van der Waals surface area contributed by atoms with E-state index in [0.29, 0.717) is 29.7 Å². The Morgan fingerprint density at radius 3 is 2.54 bits per heavy atom. The molecule has 7 heteroatoms. The first kappa shape index (κ1) is 21.5. The van der Waals surface area contributed by atoms with Crippen LogP contribution >= 0.6 is 0 Å². The van der Waals surface area contributed by atoms with E-state index in [1.54, 1.807) is 37.5 Å². The Morgan fingerprint density at radius 2 is 1.89 bits per heavy atom. The molecule has 0 heterocycles. The Hall–Kier alpha value is -2.80. The molecule has 0 atom stereocenters. The van der Waals surface area contributed by atoms with Crippen LogP contribution in [0.3, 0.4) is 0 Å². The Balaban J connectivity index is 2.08. The summed E-state index contributed by atoms with van der Waals surface area (Å²) in [6, 6.07) is 11.5. The maximum atomic E-state index is 12.1. The Morgan fingerprint density at radius 1 is 1.14 bits per heavy atom. The molecule has 0 saturated heterocycles. The van der Waals surface area contributed by atoms with Crippen molar-refractivity contribution < 1.29 is 22.7 Å². The molecule has 0 bridgehead atoms. The summed E-state index contributed by atoms with van der Waals surface area (Å²) in [6.07, 6.45) is 4.14. The van der Waals surface area contributed by atoms with Gasteiger partial charge in [0.05, 0.1) is 18.6 Å². The molecule has 1 amide bonds. The highest BCUT2D eigenvalue weighted by atomic mass is 32.2. The molecule has 0 aliphatic heterocycles. The van der Waals surface area contributed by atoms with E-state index < -0.39 is 9.84 Å². The minimum atomic E-state index is -3.33. The molecule has 0 aliphatic rings. The number of sulfone groups is 1. The summed E-state index contributed by atoms with van der Waals surface area (Å²) in [4.78, 5) is 12.3. The van der Waals surface area contributed by atoms with Crippen LogP contribution in [0.4, 0.5) is 5.69 Å². The summed E-state index contributed by atoms with van der Waals surface area (Å²) < 4.78 is 34.3. The van der Waals surface area contributed by atoms with Gasteiger partial charge in [-0.3, -0.25) is 4.79 Å². The zero-order chi connectivity index (χ0) is 20.7. The van der Waals surface area contributed by atoms with E-state index in [0.717, 1.165) is 11.8 Å². The summed E-state index contributed by atoms with van der Waals surface area (Å²) in [5.41, 5.74) is 1.18. The molecule has 150 valence electrons. The van der Waals surface area contributed by atoms with Gasteiger partial charge in [0.2, 0.25) is 5.91 Å². The molecule has 0 fully saturated rings.